The summed E-state index contributed by atoms with van der Waals surface area (Å²) in [7, 11) is 0. The number of hydrogen-bond donors (Lipinski definition) is 1. The monoisotopic (exact) mass is 511 g/mol. The van der Waals surface area contributed by atoms with Crippen LogP contribution in [0, 0.1) is 0 Å². The van der Waals surface area contributed by atoms with Gasteiger partial charge in [-0.2, -0.15) is 0 Å². The van der Waals surface area contributed by atoms with E-state index in [9.17, 15) is 22.8 Å². The molecule has 1 heterocycles. The summed E-state index contributed by atoms with van der Waals surface area (Å²) in [4.78, 5) is 29.8. The number of halogens is 3. The van der Waals surface area contributed by atoms with Crippen molar-refractivity contribution in [1.29, 1.82) is 0 Å². The van der Waals surface area contributed by atoms with Gasteiger partial charge in [-0.05, 0) is 48.2 Å². The van der Waals surface area contributed by atoms with E-state index in [1.807, 2.05) is 43.3 Å². The number of anilines is 2. The highest BCUT2D eigenvalue weighted by atomic mass is 19.4. The van der Waals surface area contributed by atoms with Crippen molar-refractivity contribution in [3.8, 4) is 5.75 Å². The van der Waals surface area contributed by atoms with Crippen molar-refractivity contribution in [3.05, 3.63) is 90.0 Å². The molecule has 0 saturated carbocycles. The van der Waals surface area contributed by atoms with Crippen LogP contribution in [-0.2, 0) is 11.3 Å². The maximum Gasteiger partial charge on any atom is 0.573 e. The number of ether oxygens (including phenoxy) is 1. The van der Waals surface area contributed by atoms with Crippen LogP contribution in [0.5, 0.6) is 5.75 Å². The fourth-order valence-corrected chi connectivity index (χ4v) is 4.46. The van der Waals surface area contributed by atoms with E-state index in [0.29, 0.717) is 42.9 Å². The molecule has 1 N–H and O–H groups in total. The number of nitrogens with one attached hydrogen (secondary N) is 1. The number of rotatable bonds is 8. The summed E-state index contributed by atoms with van der Waals surface area (Å²) in [5.41, 5.74) is 2.75. The van der Waals surface area contributed by atoms with Crippen molar-refractivity contribution in [2.75, 3.05) is 23.3 Å². The third-order valence-electron chi connectivity index (χ3n) is 6.22. The lowest BCUT2D eigenvalue weighted by Crippen LogP contribution is -2.49. The van der Waals surface area contributed by atoms with Gasteiger partial charge in [0.1, 0.15) is 5.75 Å². The van der Waals surface area contributed by atoms with Crippen LogP contribution in [0.2, 0.25) is 0 Å². The number of hydrogen-bond acceptors (Lipinski definition) is 3. The summed E-state index contributed by atoms with van der Waals surface area (Å²) in [6.45, 7) is 3.19. The average molecular weight is 512 g/mol. The fourth-order valence-electron chi connectivity index (χ4n) is 4.46. The van der Waals surface area contributed by atoms with Gasteiger partial charge >= 0.3 is 12.4 Å². The largest absolute Gasteiger partial charge is 0.573 e. The van der Waals surface area contributed by atoms with Gasteiger partial charge in [-0.25, -0.2) is 4.79 Å². The first-order valence-electron chi connectivity index (χ1n) is 12.1. The molecule has 1 aliphatic rings. The maximum absolute atomic E-state index is 13.4. The predicted octanol–water partition coefficient (Wildman–Crippen LogP) is 6.55. The lowest BCUT2D eigenvalue weighted by molar-refractivity contribution is -0.274. The van der Waals surface area contributed by atoms with Crippen molar-refractivity contribution in [2.45, 2.75) is 38.6 Å². The van der Waals surface area contributed by atoms with E-state index in [0.717, 1.165) is 5.56 Å². The van der Waals surface area contributed by atoms with Crippen LogP contribution in [0.15, 0.2) is 78.9 Å². The fraction of sp³-hybridized carbons (Fsp3) is 0.286. The summed E-state index contributed by atoms with van der Waals surface area (Å²) in [6, 6.07) is 22.0. The number of benzene rings is 3. The molecule has 0 unspecified atom stereocenters. The molecule has 1 saturated heterocycles. The van der Waals surface area contributed by atoms with E-state index in [4.69, 9.17) is 0 Å². The highest BCUT2D eigenvalue weighted by Gasteiger charge is 2.31. The topological polar surface area (TPSA) is 61.9 Å². The Kier molecular flexibility index (Phi) is 8.01. The van der Waals surface area contributed by atoms with Gasteiger partial charge in [0, 0.05) is 19.6 Å². The lowest BCUT2D eigenvalue weighted by Gasteiger charge is -2.36. The molecule has 0 aromatic heterocycles. The molecule has 0 aliphatic carbocycles. The average Bonchev–Trinajstić information content (AvgIpc) is 2.87. The molecule has 6 nitrogen and oxygen atoms in total. The van der Waals surface area contributed by atoms with Gasteiger partial charge in [0.15, 0.2) is 0 Å². The quantitative estimate of drug-likeness (QED) is 0.373. The second-order valence-corrected chi connectivity index (χ2v) is 8.78. The summed E-state index contributed by atoms with van der Waals surface area (Å²) in [5, 5.41) is 3.01. The van der Waals surface area contributed by atoms with Crippen LogP contribution in [0.25, 0.3) is 0 Å². The van der Waals surface area contributed by atoms with Gasteiger partial charge < -0.3 is 15.0 Å². The van der Waals surface area contributed by atoms with Crippen molar-refractivity contribution >= 4 is 23.3 Å². The van der Waals surface area contributed by atoms with Gasteiger partial charge in [-0.15, -0.1) is 13.2 Å². The van der Waals surface area contributed by atoms with Gasteiger partial charge in [0.2, 0.25) is 5.91 Å². The molecule has 4 rings (SSSR count). The molecule has 37 heavy (non-hydrogen) atoms. The molecule has 0 radical (unpaired) electrons. The summed E-state index contributed by atoms with van der Waals surface area (Å²) in [5.74, 6) is -0.788. The Morgan fingerprint density at radius 2 is 1.65 bits per heavy atom. The Morgan fingerprint density at radius 3 is 2.32 bits per heavy atom. The number of urea groups is 1. The van der Waals surface area contributed by atoms with Gasteiger partial charge in [0.05, 0.1) is 17.3 Å². The minimum atomic E-state index is -4.76. The SMILES string of the molecule is CC[C@H](C(=O)Nc1ccccc1N1CCCN(Cc2ccc(OC(F)(F)F)cc2)C1=O)c1ccccc1. The third kappa shape index (κ3) is 6.61. The van der Waals surface area contributed by atoms with Crippen molar-refractivity contribution in [2.24, 2.45) is 0 Å². The Morgan fingerprint density at radius 1 is 0.973 bits per heavy atom. The maximum atomic E-state index is 13.4. The van der Waals surface area contributed by atoms with Crippen LogP contribution in [0.4, 0.5) is 29.3 Å². The van der Waals surface area contributed by atoms with Gasteiger partial charge in [-0.3, -0.25) is 9.69 Å². The second-order valence-electron chi connectivity index (χ2n) is 8.78. The Balaban J connectivity index is 1.48. The van der Waals surface area contributed by atoms with E-state index in [1.165, 1.54) is 24.3 Å². The second kappa shape index (κ2) is 11.4. The van der Waals surface area contributed by atoms with Crippen LogP contribution in [0.3, 0.4) is 0 Å². The minimum absolute atomic E-state index is 0.149. The lowest BCUT2D eigenvalue weighted by atomic mass is 9.95. The van der Waals surface area contributed by atoms with Crippen molar-refractivity contribution in [1.82, 2.24) is 4.90 Å². The highest BCUT2D eigenvalue weighted by molar-refractivity contribution is 6.02. The Bertz CT molecular complexity index is 1220. The number of amides is 3. The van der Waals surface area contributed by atoms with E-state index in [-0.39, 0.29) is 30.2 Å². The molecule has 194 valence electrons. The Labute approximate surface area is 213 Å². The predicted molar refractivity (Wildman–Crippen MR) is 135 cm³/mol. The molecular weight excluding hydrogens is 483 g/mol. The minimum Gasteiger partial charge on any atom is -0.406 e. The van der Waals surface area contributed by atoms with E-state index in [2.05, 4.69) is 10.1 Å². The molecule has 1 atom stereocenters. The van der Waals surface area contributed by atoms with E-state index >= 15 is 0 Å². The van der Waals surface area contributed by atoms with Crippen LogP contribution in [-0.4, -0.2) is 36.3 Å². The van der Waals surface area contributed by atoms with E-state index < -0.39 is 6.36 Å². The molecule has 0 bridgehead atoms. The molecule has 1 aliphatic heterocycles. The highest BCUT2D eigenvalue weighted by Crippen LogP contribution is 2.31. The number of alkyl halides is 3. The van der Waals surface area contributed by atoms with Crippen LogP contribution < -0.4 is 15.0 Å². The number of carbonyl (C=O) groups is 2. The number of carbonyl (C=O) groups excluding carboxylic acids is 2. The zero-order valence-electron chi connectivity index (χ0n) is 20.4. The smallest absolute Gasteiger partial charge is 0.406 e. The molecule has 3 aromatic rings. The standard InChI is InChI=1S/C28H28F3N3O3/c1-2-23(21-9-4-3-5-10-21)26(35)32-24-11-6-7-12-25(24)34-18-8-17-33(27(34)36)19-20-13-15-22(16-14-20)37-28(29,30)31/h3-7,9-16,23H,2,8,17-19H2,1H3,(H,32,35)/t23-/m0/s1. The van der Waals surface area contributed by atoms with Gasteiger partial charge in [0.25, 0.3) is 0 Å². The summed E-state index contributed by atoms with van der Waals surface area (Å²) in [6.07, 6.45) is -3.43. The molecule has 0 spiro atoms. The van der Waals surface area contributed by atoms with Crippen molar-refractivity contribution in [3.63, 3.8) is 0 Å². The third-order valence-corrected chi connectivity index (χ3v) is 6.22. The normalized spacial score (nSPS) is 14.9. The Hall–Kier alpha value is -4.01. The molecule has 3 aromatic carbocycles. The first-order valence-corrected chi connectivity index (χ1v) is 12.1. The zero-order chi connectivity index (χ0) is 26.4. The zero-order valence-corrected chi connectivity index (χ0v) is 20.4. The first-order chi connectivity index (χ1) is 17.7. The summed E-state index contributed by atoms with van der Waals surface area (Å²) >= 11 is 0. The summed E-state index contributed by atoms with van der Waals surface area (Å²) < 4.78 is 41.2. The number of nitrogens with zero attached hydrogens (tertiary/aromatic N) is 2. The van der Waals surface area contributed by atoms with Crippen molar-refractivity contribution < 1.29 is 27.5 Å². The molecule has 1 fully saturated rings. The van der Waals surface area contributed by atoms with Crippen LogP contribution >= 0.6 is 0 Å². The molecular formula is C28H28F3N3O3. The molecule has 3 amide bonds. The molecule has 9 heteroatoms. The van der Waals surface area contributed by atoms with E-state index in [1.54, 1.807) is 28.0 Å². The number of para-hydroxylation sites is 2. The van der Waals surface area contributed by atoms with Gasteiger partial charge in [-0.1, -0.05) is 61.5 Å². The van der Waals surface area contributed by atoms with Crippen LogP contribution in [0.1, 0.15) is 36.8 Å². The first kappa shape index (κ1) is 26.1.